The molecule has 0 unspecified atom stereocenters. The van der Waals surface area contributed by atoms with E-state index in [9.17, 15) is 9.59 Å². The zero-order valence-electron chi connectivity index (χ0n) is 14.8. The number of nitriles is 1. The summed E-state index contributed by atoms with van der Waals surface area (Å²) >= 11 is 6.09. The van der Waals surface area contributed by atoms with E-state index in [4.69, 9.17) is 16.9 Å². The van der Waals surface area contributed by atoms with Gasteiger partial charge in [0.15, 0.2) is 0 Å². The van der Waals surface area contributed by atoms with Gasteiger partial charge in [0.1, 0.15) is 0 Å². The summed E-state index contributed by atoms with van der Waals surface area (Å²) in [5.74, 6) is -0.670. The summed E-state index contributed by atoms with van der Waals surface area (Å²) in [6.45, 7) is 0.288. The molecule has 0 saturated heterocycles. The Bertz CT molecular complexity index is 1070. The van der Waals surface area contributed by atoms with Crippen molar-refractivity contribution in [2.24, 2.45) is 0 Å². The maximum absolute atomic E-state index is 12.5. The standard InChI is InChI=1S/C22H16ClN3O2/c23-20-10-2-1-6-18(20)14-25-21(27)16-7-4-8-17(12-16)22(28)26-19-9-3-5-15(11-19)13-24/h1-12H,14H2,(H,25,27)(H,26,28). The van der Waals surface area contributed by atoms with E-state index in [0.29, 0.717) is 27.4 Å². The molecule has 2 N–H and O–H groups in total. The number of rotatable bonds is 5. The van der Waals surface area contributed by atoms with Gasteiger partial charge in [0.05, 0.1) is 11.6 Å². The lowest BCUT2D eigenvalue weighted by Crippen LogP contribution is -2.23. The topological polar surface area (TPSA) is 82.0 Å². The number of nitrogens with zero attached hydrogens (tertiary/aromatic N) is 1. The van der Waals surface area contributed by atoms with Crippen LogP contribution in [0.3, 0.4) is 0 Å². The van der Waals surface area contributed by atoms with Gasteiger partial charge in [0.25, 0.3) is 11.8 Å². The Balaban J connectivity index is 1.69. The molecule has 0 heterocycles. The first-order valence-electron chi connectivity index (χ1n) is 8.50. The van der Waals surface area contributed by atoms with Crippen molar-refractivity contribution in [2.45, 2.75) is 6.54 Å². The van der Waals surface area contributed by atoms with Crippen LogP contribution in [0, 0.1) is 11.3 Å². The molecule has 3 rings (SSSR count). The molecule has 3 aromatic carbocycles. The van der Waals surface area contributed by atoms with Crippen molar-refractivity contribution in [3.05, 3.63) is 100 Å². The van der Waals surface area contributed by atoms with Crippen LogP contribution >= 0.6 is 11.6 Å². The van der Waals surface area contributed by atoms with Crippen LogP contribution in [0.5, 0.6) is 0 Å². The summed E-state index contributed by atoms with van der Waals surface area (Å²) in [5.41, 5.74) is 2.48. The number of hydrogen-bond donors (Lipinski definition) is 2. The average molecular weight is 390 g/mol. The molecule has 0 radical (unpaired) electrons. The van der Waals surface area contributed by atoms with Crippen molar-refractivity contribution in [3.8, 4) is 6.07 Å². The molecule has 0 saturated carbocycles. The minimum absolute atomic E-state index is 0.288. The number of halogens is 1. The van der Waals surface area contributed by atoms with Crippen molar-refractivity contribution in [3.63, 3.8) is 0 Å². The average Bonchev–Trinajstić information content (AvgIpc) is 2.73. The lowest BCUT2D eigenvalue weighted by Gasteiger charge is -2.09. The molecule has 0 atom stereocenters. The van der Waals surface area contributed by atoms with Gasteiger partial charge in [-0.25, -0.2) is 0 Å². The van der Waals surface area contributed by atoms with E-state index in [-0.39, 0.29) is 18.4 Å². The molecule has 0 bridgehead atoms. The molecule has 0 spiro atoms. The van der Waals surface area contributed by atoms with Crippen LogP contribution in [-0.4, -0.2) is 11.8 Å². The lowest BCUT2D eigenvalue weighted by molar-refractivity contribution is 0.0951. The molecule has 28 heavy (non-hydrogen) atoms. The van der Waals surface area contributed by atoms with Crippen LogP contribution in [0.25, 0.3) is 0 Å². The first-order chi connectivity index (χ1) is 13.6. The predicted molar refractivity (Wildman–Crippen MR) is 108 cm³/mol. The second-order valence-electron chi connectivity index (χ2n) is 6.00. The fourth-order valence-electron chi connectivity index (χ4n) is 2.59. The van der Waals surface area contributed by atoms with Crippen LogP contribution in [0.15, 0.2) is 72.8 Å². The first-order valence-corrected chi connectivity index (χ1v) is 8.88. The minimum Gasteiger partial charge on any atom is -0.348 e. The van der Waals surface area contributed by atoms with E-state index in [1.165, 1.54) is 6.07 Å². The lowest BCUT2D eigenvalue weighted by atomic mass is 10.1. The van der Waals surface area contributed by atoms with E-state index in [1.54, 1.807) is 48.5 Å². The van der Waals surface area contributed by atoms with Gasteiger partial charge >= 0.3 is 0 Å². The maximum Gasteiger partial charge on any atom is 0.255 e. The third-order valence-corrected chi connectivity index (χ3v) is 4.40. The fraction of sp³-hybridized carbons (Fsp3) is 0.0455. The molecule has 0 aliphatic rings. The van der Waals surface area contributed by atoms with Gasteiger partial charge in [-0.15, -0.1) is 0 Å². The molecule has 2 amide bonds. The zero-order valence-corrected chi connectivity index (χ0v) is 15.5. The number of carbonyl (C=O) groups is 2. The predicted octanol–water partition coefficient (Wildman–Crippen LogP) is 4.39. The number of carbonyl (C=O) groups excluding carboxylic acids is 2. The normalized spacial score (nSPS) is 10.0. The van der Waals surface area contributed by atoms with Crippen molar-refractivity contribution < 1.29 is 9.59 Å². The highest BCUT2D eigenvalue weighted by molar-refractivity contribution is 6.31. The van der Waals surface area contributed by atoms with E-state index < -0.39 is 0 Å². The first kappa shape index (κ1) is 19.2. The van der Waals surface area contributed by atoms with Crippen LogP contribution < -0.4 is 10.6 Å². The molecule has 138 valence electrons. The van der Waals surface area contributed by atoms with E-state index in [0.717, 1.165) is 5.56 Å². The molecule has 5 nitrogen and oxygen atoms in total. The van der Waals surface area contributed by atoms with Gasteiger partial charge in [0, 0.05) is 28.4 Å². The van der Waals surface area contributed by atoms with Crippen molar-refractivity contribution in [1.29, 1.82) is 5.26 Å². The summed E-state index contributed by atoms with van der Waals surface area (Å²) in [6, 6.07) is 22.3. The van der Waals surface area contributed by atoms with Crippen LogP contribution in [-0.2, 0) is 6.54 Å². The van der Waals surface area contributed by atoms with Gasteiger partial charge in [-0.1, -0.05) is 41.9 Å². The number of benzene rings is 3. The third kappa shape index (κ3) is 4.76. The van der Waals surface area contributed by atoms with Gasteiger partial charge < -0.3 is 10.6 Å². The molecule has 6 heteroatoms. The molecule has 0 fully saturated rings. The number of anilines is 1. The van der Waals surface area contributed by atoms with E-state index in [1.807, 2.05) is 24.3 Å². The maximum atomic E-state index is 12.5. The third-order valence-electron chi connectivity index (χ3n) is 4.03. The fourth-order valence-corrected chi connectivity index (χ4v) is 2.79. The number of amides is 2. The summed E-state index contributed by atoms with van der Waals surface area (Å²) < 4.78 is 0. The van der Waals surface area contributed by atoms with Gasteiger partial charge in [-0.05, 0) is 48.0 Å². The molecule has 3 aromatic rings. The highest BCUT2D eigenvalue weighted by Crippen LogP contribution is 2.15. The summed E-state index contributed by atoms with van der Waals surface area (Å²) in [4.78, 5) is 24.9. The Hall–Kier alpha value is -3.62. The Kier molecular flexibility index (Phi) is 6.05. The Morgan fingerprint density at radius 2 is 1.61 bits per heavy atom. The van der Waals surface area contributed by atoms with Crippen LogP contribution in [0.1, 0.15) is 31.8 Å². The van der Waals surface area contributed by atoms with Gasteiger partial charge in [-0.3, -0.25) is 9.59 Å². The quantitative estimate of drug-likeness (QED) is 0.678. The Morgan fingerprint density at radius 1 is 0.893 bits per heavy atom. The summed E-state index contributed by atoms with van der Waals surface area (Å²) in [5, 5.41) is 15.0. The highest BCUT2D eigenvalue weighted by Gasteiger charge is 2.11. The van der Waals surface area contributed by atoms with Crippen molar-refractivity contribution in [1.82, 2.24) is 5.32 Å². The second kappa shape index (κ2) is 8.85. The van der Waals surface area contributed by atoms with Gasteiger partial charge in [0.2, 0.25) is 0 Å². The second-order valence-corrected chi connectivity index (χ2v) is 6.41. The summed E-state index contributed by atoms with van der Waals surface area (Å²) in [6.07, 6.45) is 0. The molecule has 0 aliphatic carbocycles. The Morgan fingerprint density at radius 3 is 2.36 bits per heavy atom. The minimum atomic E-state index is -0.365. The van der Waals surface area contributed by atoms with Crippen molar-refractivity contribution in [2.75, 3.05) is 5.32 Å². The Labute approximate surface area is 167 Å². The largest absolute Gasteiger partial charge is 0.348 e. The van der Waals surface area contributed by atoms with Gasteiger partial charge in [-0.2, -0.15) is 5.26 Å². The summed E-state index contributed by atoms with van der Waals surface area (Å²) in [7, 11) is 0. The van der Waals surface area contributed by atoms with Crippen LogP contribution in [0.2, 0.25) is 5.02 Å². The monoisotopic (exact) mass is 389 g/mol. The van der Waals surface area contributed by atoms with E-state index in [2.05, 4.69) is 10.6 Å². The number of nitrogens with one attached hydrogen (secondary N) is 2. The molecule has 0 aliphatic heterocycles. The smallest absolute Gasteiger partial charge is 0.255 e. The zero-order chi connectivity index (χ0) is 19.9. The van der Waals surface area contributed by atoms with Crippen LogP contribution in [0.4, 0.5) is 5.69 Å². The number of hydrogen-bond acceptors (Lipinski definition) is 3. The molecule has 0 aromatic heterocycles. The van der Waals surface area contributed by atoms with Crippen molar-refractivity contribution >= 4 is 29.1 Å². The SMILES string of the molecule is N#Cc1cccc(NC(=O)c2cccc(C(=O)NCc3ccccc3Cl)c2)c1. The van der Waals surface area contributed by atoms with E-state index >= 15 is 0 Å². The highest BCUT2D eigenvalue weighted by atomic mass is 35.5. The molecular weight excluding hydrogens is 374 g/mol. The molecular formula is C22H16ClN3O2.